The molecule has 9 heteroatoms. The Morgan fingerprint density at radius 1 is 1.58 bits per heavy atom. The number of amidine groups is 1. The van der Waals surface area contributed by atoms with Crippen LogP contribution in [0.2, 0.25) is 0 Å². The molecule has 26 heavy (non-hydrogen) atoms. The fraction of sp³-hybridized carbons (Fsp3) is 0.412. The van der Waals surface area contributed by atoms with Crippen molar-refractivity contribution in [3.63, 3.8) is 0 Å². The van der Waals surface area contributed by atoms with E-state index < -0.39 is 17.4 Å². The molecule has 2 heterocycles. The quantitative estimate of drug-likeness (QED) is 0.259. The van der Waals surface area contributed by atoms with Gasteiger partial charge in [0.15, 0.2) is 0 Å². The molecule has 1 fully saturated rings. The summed E-state index contributed by atoms with van der Waals surface area (Å²) in [7, 11) is 2.01. The fourth-order valence-corrected chi connectivity index (χ4v) is 2.75. The molecule has 0 aliphatic carbocycles. The van der Waals surface area contributed by atoms with E-state index in [1.54, 1.807) is 0 Å². The standard InChI is InChI=1S/C17H22FN7O/c1-25-8-4-17(3-6-19,5-9-25)23-11-13(16(21)26)15(20)24-12-2-7-22-14(18)10-12/h2,7,10-11,23H,3-5,8-9H2,1H3,(H2,21,26)(H2,20,22,24)/b13-11+. The molecular weight excluding hydrogens is 337 g/mol. The molecule has 1 aromatic heterocycles. The Kier molecular flexibility index (Phi) is 6.25. The van der Waals surface area contributed by atoms with Crippen LogP contribution < -0.4 is 16.4 Å². The average molecular weight is 359 g/mol. The van der Waals surface area contributed by atoms with Gasteiger partial charge in [-0.1, -0.05) is 0 Å². The van der Waals surface area contributed by atoms with E-state index in [4.69, 9.17) is 16.4 Å². The predicted molar refractivity (Wildman–Crippen MR) is 95.6 cm³/mol. The van der Waals surface area contributed by atoms with Crippen molar-refractivity contribution in [2.24, 2.45) is 5.73 Å². The van der Waals surface area contributed by atoms with Crippen molar-refractivity contribution in [2.45, 2.75) is 24.8 Å². The van der Waals surface area contributed by atoms with Gasteiger partial charge in [0.05, 0.1) is 23.6 Å². The number of pyridine rings is 1. The lowest BCUT2D eigenvalue weighted by Gasteiger charge is -2.39. The number of piperidine rings is 1. The lowest BCUT2D eigenvalue weighted by Crippen LogP contribution is -2.51. The number of hydrogen-bond acceptors (Lipinski definition) is 6. The summed E-state index contributed by atoms with van der Waals surface area (Å²) < 4.78 is 13.2. The highest BCUT2D eigenvalue weighted by atomic mass is 19.1. The number of aromatic nitrogens is 1. The number of rotatable bonds is 6. The molecule has 1 aromatic rings. The van der Waals surface area contributed by atoms with E-state index in [1.165, 1.54) is 18.5 Å². The number of primary amides is 1. The second-order valence-electron chi connectivity index (χ2n) is 6.35. The van der Waals surface area contributed by atoms with Crippen molar-refractivity contribution in [3.8, 4) is 6.07 Å². The molecule has 8 nitrogen and oxygen atoms in total. The van der Waals surface area contributed by atoms with Gasteiger partial charge in [-0.3, -0.25) is 10.2 Å². The number of halogens is 1. The summed E-state index contributed by atoms with van der Waals surface area (Å²) >= 11 is 0. The number of likely N-dealkylation sites (tertiary alicyclic amines) is 1. The highest BCUT2D eigenvalue weighted by molar-refractivity contribution is 6.23. The maximum absolute atomic E-state index is 13.2. The van der Waals surface area contributed by atoms with Gasteiger partial charge in [0, 0.05) is 37.2 Å². The smallest absolute Gasteiger partial charge is 0.253 e. The monoisotopic (exact) mass is 359 g/mol. The molecule has 0 spiro atoms. The van der Waals surface area contributed by atoms with E-state index in [-0.39, 0.29) is 23.5 Å². The first kappa shape index (κ1) is 19.3. The zero-order valence-electron chi connectivity index (χ0n) is 14.6. The molecule has 1 amide bonds. The Hall–Kier alpha value is -2.99. The van der Waals surface area contributed by atoms with Crippen molar-refractivity contribution in [2.75, 3.05) is 25.5 Å². The maximum Gasteiger partial charge on any atom is 0.253 e. The summed E-state index contributed by atoms with van der Waals surface area (Å²) in [6, 6.07) is 4.75. The third kappa shape index (κ3) is 5.00. The van der Waals surface area contributed by atoms with Crippen LogP contribution in [0.3, 0.4) is 0 Å². The van der Waals surface area contributed by atoms with Gasteiger partial charge in [-0.2, -0.15) is 9.65 Å². The van der Waals surface area contributed by atoms with Crippen molar-refractivity contribution < 1.29 is 9.18 Å². The summed E-state index contributed by atoms with van der Waals surface area (Å²) in [5.41, 5.74) is 5.11. The van der Waals surface area contributed by atoms with Crippen LogP contribution >= 0.6 is 0 Å². The third-order valence-corrected chi connectivity index (χ3v) is 4.41. The predicted octanol–water partition coefficient (Wildman–Crippen LogP) is 0.947. The topological polar surface area (TPSA) is 131 Å². The summed E-state index contributed by atoms with van der Waals surface area (Å²) in [5.74, 6) is -1.77. The van der Waals surface area contributed by atoms with Crippen LogP contribution in [0.25, 0.3) is 0 Å². The molecule has 0 bridgehead atoms. The minimum absolute atomic E-state index is 0.0848. The lowest BCUT2D eigenvalue weighted by atomic mass is 9.85. The molecule has 5 N–H and O–H groups in total. The molecule has 0 aromatic carbocycles. The first-order valence-electron chi connectivity index (χ1n) is 8.16. The average Bonchev–Trinajstić information content (AvgIpc) is 2.57. The number of nitriles is 1. The van der Waals surface area contributed by atoms with Crippen LogP contribution in [0, 0.1) is 22.7 Å². The number of anilines is 1. The fourth-order valence-electron chi connectivity index (χ4n) is 2.75. The normalized spacial score (nSPS) is 17.2. The molecule has 0 unspecified atom stereocenters. The van der Waals surface area contributed by atoms with Gasteiger partial charge in [0.1, 0.15) is 5.84 Å². The van der Waals surface area contributed by atoms with Gasteiger partial charge in [0.25, 0.3) is 5.91 Å². The third-order valence-electron chi connectivity index (χ3n) is 4.41. The molecule has 0 saturated carbocycles. The van der Waals surface area contributed by atoms with Crippen molar-refractivity contribution in [3.05, 3.63) is 36.1 Å². The molecular formula is C17H22FN7O. The van der Waals surface area contributed by atoms with Gasteiger partial charge in [-0.05, 0) is 26.0 Å². The molecule has 138 valence electrons. The lowest BCUT2D eigenvalue weighted by molar-refractivity contribution is -0.114. The summed E-state index contributed by atoms with van der Waals surface area (Å²) in [6.07, 6.45) is 4.36. The minimum Gasteiger partial charge on any atom is -0.384 e. The summed E-state index contributed by atoms with van der Waals surface area (Å²) in [6.45, 7) is 1.64. The molecule has 2 rings (SSSR count). The summed E-state index contributed by atoms with van der Waals surface area (Å²) in [5, 5.41) is 23.0. The second-order valence-corrected chi connectivity index (χ2v) is 6.35. The van der Waals surface area contributed by atoms with Crippen molar-refractivity contribution in [1.29, 1.82) is 10.7 Å². The molecule has 1 aliphatic rings. The Morgan fingerprint density at radius 2 is 2.27 bits per heavy atom. The van der Waals surface area contributed by atoms with Crippen molar-refractivity contribution in [1.82, 2.24) is 15.2 Å². The van der Waals surface area contributed by atoms with E-state index in [0.29, 0.717) is 0 Å². The maximum atomic E-state index is 13.2. The molecule has 0 atom stereocenters. The van der Waals surface area contributed by atoms with E-state index in [1.807, 2.05) is 7.05 Å². The number of carbonyl (C=O) groups excluding carboxylic acids is 1. The number of nitrogens with one attached hydrogen (secondary N) is 3. The largest absolute Gasteiger partial charge is 0.384 e. The van der Waals surface area contributed by atoms with Crippen molar-refractivity contribution >= 4 is 17.4 Å². The zero-order valence-corrected chi connectivity index (χ0v) is 14.6. The van der Waals surface area contributed by atoms with Gasteiger partial charge < -0.3 is 21.3 Å². The zero-order chi connectivity index (χ0) is 19.2. The molecule has 0 radical (unpaired) electrons. The Labute approximate surface area is 151 Å². The minimum atomic E-state index is -0.801. The van der Waals surface area contributed by atoms with Crippen LogP contribution in [0.1, 0.15) is 19.3 Å². The van der Waals surface area contributed by atoms with Crippen LogP contribution in [0.4, 0.5) is 10.1 Å². The second kappa shape index (κ2) is 8.40. The van der Waals surface area contributed by atoms with Crippen LogP contribution in [-0.2, 0) is 4.79 Å². The van der Waals surface area contributed by atoms with Crippen LogP contribution in [-0.4, -0.2) is 47.3 Å². The Balaban J connectivity index is 2.15. The Morgan fingerprint density at radius 3 is 2.85 bits per heavy atom. The summed E-state index contributed by atoms with van der Waals surface area (Å²) in [4.78, 5) is 17.4. The van der Waals surface area contributed by atoms with Gasteiger partial charge in [-0.15, -0.1) is 0 Å². The van der Waals surface area contributed by atoms with Gasteiger partial charge >= 0.3 is 0 Å². The number of nitrogens with two attached hydrogens (primary N) is 1. The number of hydrogen-bond donors (Lipinski definition) is 4. The highest BCUT2D eigenvalue weighted by Gasteiger charge is 2.33. The van der Waals surface area contributed by atoms with E-state index in [9.17, 15) is 9.18 Å². The van der Waals surface area contributed by atoms with E-state index in [0.717, 1.165) is 32.0 Å². The first-order chi connectivity index (χ1) is 12.3. The van der Waals surface area contributed by atoms with E-state index in [2.05, 4.69) is 26.6 Å². The molecule has 1 aliphatic heterocycles. The van der Waals surface area contributed by atoms with Gasteiger partial charge in [0.2, 0.25) is 5.95 Å². The number of amides is 1. The van der Waals surface area contributed by atoms with E-state index >= 15 is 0 Å². The van der Waals surface area contributed by atoms with Crippen LogP contribution in [0.15, 0.2) is 30.1 Å². The first-order valence-corrected chi connectivity index (χ1v) is 8.16. The number of nitrogens with zero attached hydrogens (tertiary/aromatic N) is 3. The highest BCUT2D eigenvalue weighted by Crippen LogP contribution is 2.25. The van der Waals surface area contributed by atoms with Crippen LogP contribution in [0.5, 0.6) is 0 Å². The Bertz CT molecular complexity index is 748. The van der Waals surface area contributed by atoms with Gasteiger partial charge in [-0.25, -0.2) is 4.98 Å². The molecule has 1 saturated heterocycles. The number of carbonyl (C=O) groups is 1. The SMILES string of the molecule is CN1CCC(CC#N)(N/C=C(\C(=N)Nc2ccnc(F)c2)C(N)=O)CC1.